The number of carbonyl (C=O) groups excluding carboxylic acids is 1. The Kier molecular flexibility index (Phi) is 5.86. The monoisotopic (exact) mass is 248 g/mol. The standard InChI is InChI=1S/C14H17FN2O/c1-2-3-4-5-6-14(18)17-13-8-7-11(10-16)9-12(13)15/h7-9H,2-6H2,1H3,(H,17,18). The van der Waals surface area contributed by atoms with Gasteiger partial charge >= 0.3 is 0 Å². The molecule has 96 valence electrons. The van der Waals surface area contributed by atoms with Crippen molar-refractivity contribution in [3.63, 3.8) is 0 Å². The summed E-state index contributed by atoms with van der Waals surface area (Å²) in [6.45, 7) is 2.10. The topological polar surface area (TPSA) is 52.9 Å². The van der Waals surface area contributed by atoms with Crippen LogP contribution in [0.15, 0.2) is 18.2 Å². The molecule has 0 unspecified atom stereocenters. The summed E-state index contributed by atoms with van der Waals surface area (Å²) in [5.74, 6) is -0.759. The smallest absolute Gasteiger partial charge is 0.224 e. The molecule has 0 aliphatic heterocycles. The third-order valence-electron chi connectivity index (χ3n) is 2.63. The van der Waals surface area contributed by atoms with Crippen molar-refractivity contribution >= 4 is 11.6 Å². The van der Waals surface area contributed by atoms with Gasteiger partial charge in [-0.05, 0) is 24.6 Å². The minimum Gasteiger partial charge on any atom is -0.324 e. The van der Waals surface area contributed by atoms with Gasteiger partial charge in [0.2, 0.25) is 5.91 Å². The van der Waals surface area contributed by atoms with E-state index in [0.29, 0.717) is 6.42 Å². The molecule has 3 nitrogen and oxygen atoms in total. The third-order valence-corrected chi connectivity index (χ3v) is 2.63. The van der Waals surface area contributed by atoms with E-state index < -0.39 is 5.82 Å². The molecule has 0 aromatic heterocycles. The van der Waals surface area contributed by atoms with Gasteiger partial charge in [-0.25, -0.2) is 4.39 Å². The number of hydrogen-bond acceptors (Lipinski definition) is 2. The van der Waals surface area contributed by atoms with Gasteiger partial charge in [0.1, 0.15) is 5.82 Å². The van der Waals surface area contributed by atoms with Gasteiger partial charge in [-0.1, -0.05) is 26.2 Å². The first-order valence-corrected chi connectivity index (χ1v) is 6.17. The highest BCUT2D eigenvalue weighted by Gasteiger charge is 2.07. The Morgan fingerprint density at radius 3 is 2.78 bits per heavy atom. The largest absolute Gasteiger partial charge is 0.324 e. The Bertz CT molecular complexity index is 452. The van der Waals surface area contributed by atoms with Crippen LogP contribution in [0.25, 0.3) is 0 Å². The normalized spacial score (nSPS) is 9.83. The van der Waals surface area contributed by atoms with Gasteiger partial charge in [-0.15, -0.1) is 0 Å². The fourth-order valence-electron chi connectivity index (χ4n) is 1.61. The highest BCUT2D eigenvalue weighted by Crippen LogP contribution is 2.16. The predicted octanol–water partition coefficient (Wildman–Crippen LogP) is 3.61. The molecule has 1 aromatic carbocycles. The Morgan fingerprint density at radius 2 is 2.17 bits per heavy atom. The molecule has 4 heteroatoms. The van der Waals surface area contributed by atoms with Crippen LogP contribution in [0.5, 0.6) is 0 Å². The van der Waals surface area contributed by atoms with Crippen molar-refractivity contribution in [3.8, 4) is 6.07 Å². The van der Waals surface area contributed by atoms with Gasteiger partial charge in [0.15, 0.2) is 0 Å². The molecule has 0 heterocycles. The van der Waals surface area contributed by atoms with Crippen LogP contribution in [0.1, 0.15) is 44.6 Å². The number of anilines is 1. The Morgan fingerprint density at radius 1 is 1.39 bits per heavy atom. The third kappa shape index (κ3) is 4.54. The van der Waals surface area contributed by atoms with Gasteiger partial charge in [0, 0.05) is 6.42 Å². The van der Waals surface area contributed by atoms with E-state index in [0.717, 1.165) is 31.7 Å². The summed E-state index contributed by atoms with van der Waals surface area (Å²) in [5.41, 5.74) is 0.378. The molecule has 1 rings (SSSR count). The predicted molar refractivity (Wildman–Crippen MR) is 68.5 cm³/mol. The van der Waals surface area contributed by atoms with Crippen molar-refractivity contribution in [2.75, 3.05) is 5.32 Å². The lowest BCUT2D eigenvalue weighted by Gasteiger charge is -2.06. The SMILES string of the molecule is CCCCCCC(=O)Nc1ccc(C#N)cc1F. The van der Waals surface area contributed by atoms with Gasteiger partial charge in [0.25, 0.3) is 0 Å². The number of nitrogens with zero attached hydrogens (tertiary/aromatic N) is 1. The average Bonchev–Trinajstić information content (AvgIpc) is 2.37. The molecule has 0 bridgehead atoms. The summed E-state index contributed by atoms with van der Waals surface area (Å²) < 4.78 is 13.5. The highest BCUT2D eigenvalue weighted by atomic mass is 19.1. The van der Waals surface area contributed by atoms with Crippen molar-refractivity contribution in [3.05, 3.63) is 29.6 Å². The molecule has 1 N–H and O–H groups in total. The Hall–Kier alpha value is -1.89. The first kappa shape index (κ1) is 14.2. The van der Waals surface area contributed by atoms with Crippen molar-refractivity contribution in [2.45, 2.75) is 39.0 Å². The lowest BCUT2D eigenvalue weighted by atomic mass is 10.1. The summed E-state index contributed by atoms with van der Waals surface area (Å²) in [4.78, 5) is 11.5. The van der Waals surface area contributed by atoms with E-state index in [-0.39, 0.29) is 17.2 Å². The maximum absolute atomic E-state index is 13.5. The zero-order valence-corrected chi connectivity index (χ0v) is 10.5. The lowest BCUT2D eigenvalue weighted by molar-refractivity contribution is -0.116. The minimum absolute atomic E-state index is 0.134. The van der Waals surface area contributed by atoms with Crippen molar-refractivity contribution < 1.29 is 9.18 Å². The lowest BCUT2D eigenvalue weighted by Crippen LogP contribution is -2.12. The van der Waals surface area contributed by atoms with Crippen molar-refractivity contribution in [1.29, 1.82) is 5.26 Å². The molecule has 18 heavy (non-hydrogen) atoms. The molecular weight excluding hydrogens is 231 g/mol. The van der Waals surface area contributed by atoms with Crippen LogP contribution in [0.2, 0.25) is 0 Å². The van der Waals surface area contributed by atoms with Gasteiger partial charge in [-0.3, -0.25) is 4.79 Å². The summed E-state index contributed by atoms with van der Waals surface area (Å²) in [6.07, 6.45) is 4.46. The van der Waals surface area contributed by atoms with Crippen molar-refractivity contribution in [2.24, 2.45) is 0 Å². The van der Waals surface area contributed by atoms with E-state index in [9.17, 15) is 9.18 Å². The Labute approximate surface area is 107 Å². The molecule has 0 saturated carbocycles. The second kappa shape index (κ2) is 7.44. The highest BCUT2D eigenvalue weighted by molar-refractivity contribution is 5.90. The summed E-state index contributed by atoms with van der Waals surface area (Å²) in [7, 11) is 0. The quantitative estimate of drug-likeness (QED) is 0.782. The van der Waals surface area contributed by atoms with Gasteiger partial charge < -0.3 is 5.32 Å². The van der Waals surface area contributed by atoms with E-state index >= 15 is 0 Å². The van der Waals surface area contributed by atoms with Crippen LogP contribution in [-0.4, -0.2) is 5.91 Å². The van der Waals surface area contributed by atoms with E-state index in [1.54, 1.807) is 0 Å². The van der Waals surface area contributed by atoms with E-state index in [4.69, 9.17) is 5.26 Å². The number of unbranched alkanes of at least 4 members (excludes halogenated alkanes) is 3. The molecule has 0 saturated heterocycles. The van der Waals surface area contributed by atoms with Crippen LogP contribution in [0.4, 0.5) is 10.1 Å². The molecule has 0 atom stereocenters. The molecule has 0 aliphatic rings. The number of carbonyl (C=O) groups is 1. The minimum atomic E-state index is -0.573. The van der Waals surface area contributed by atoms with E-state index in [1.165, 1.54) is 12.1 Å². The first-order chi connectivity index (χ1) is 8.67. The molecule has 1 amide bonds. The molecule has 0 aliphatic carbocycles. The van der Waals surface area contributed by atoms with Crippen LogP contribution < -0.4 is 5.32 Å². The first-order valence-electron chi connectivity index (χ1n) is 6.17. The number of hydrogen-bond donors (Lipinski definition) is 1. The molecular formula is C14H17FN2O. The van der Waals surface area contributed by atoms with Gasteiger partial charge in [0.05, 0.1) is 17.3 Å². The number of nitrogens with one attached hydrogen (secondary N) is 1. The molecule has 1 aromatic rings. The summed E-state index contributed by atoms with van der Waals surface area (Å²) >= 11 is 0. The van der Waals surface area contributed by atoms with Gasteiger partial charge in [-0.2, -0.15) is 5.26 Å². The number of rotatable bonds is 6. The molecule has 0 spiro atoms. The fraction of sp³-hybridized carbons (Fsp3) is 0.429. The average molecular weight is 248 g/mol. The summed E-state index contributed by atoms with van der Waals surface area (Å²) in [5, 5.41) is 11.1. The maximum atomic E-state index is 13.5. The molecule has 0 fully saturated rings. The maximum Gasteiger partial charge on any atom is 0.224 e. The zero-order valence-electron chi connectivity index (χ0n) is 10.5. The summed E-state index contributed by atoms with van der Waals surface area (Å²) in [6, 6.07) is 5.86. The van der Waals surface area contributed by atoms with Crippen molar-refractivity contribution in [1.82, 2.24) is 0 Å². The van der Waals surface area contributed by atoms with Crippen LogP contribution >= 0.6 is 0 Å². The van der Waals surface area contributed by atoms with E-state index in [2.05, 4.69) is 12.2 Å². The number of amides is 1. The van der Waals surface area contributed by atoms with Crippen LogP contribution in [0, 0.1) is 17.1 Å². The number of halogens is 1. The van der Waals surface area contributed by atoms with Crippen LogP contribution in [0.3, 0.4) is 0 Å². The van der Waals surface area contributed by atoms with Crippen LogP contribution in [-0.2, 0) is 4.79 Å². The van der Waals surface area contributed by atoms with E-state index in [1.807, 2.05) is 6.07 Å². The second-order valence-corrected chi connectivity index (χ2v) is 4.17. The Balaban J connectivity index is 2.47. The molecule has 0 radical (unpaired) electrons. The zero-order chi connectivity index (χ0) is 13.4. The number of benzene rings is 1. The number of nitriles is 1. The second-order valence-electron chi connectivity index (χ2n) is 4.17. The fourth-order valence-corrected chi connectivity index (χ4v) is 1.61.